The van der Waals surface area contributed by atoms with Crippen LogP contribution in [-0.4, -0.2) is 16.9 Å². The van der Waals surface area contributed by atoms with Gasteiger partial charge in [-0.05, 0) is 49.1 Å². The van der Waals surface area contributed by atoms with Crippen molar-refractivity contribution < 1.29 is 9.18 Å². The normalized spacial score (nSPS) is 17.1. The fourth-order valence-electron chi connectivity index (χ4n) is 2.62. The molecule has 1 unspecified atom stereocenters. The van der Waals surface area contributed by atoms with Crippen molar-refractivity contribution in [3.63, 3.8) is 0 Å². The number of nitrogens with zero attached hydrogens (tertiary/aromatic N) is 1. The first-order valence-corrected chi connectivity index (χ1v) is 7.20. The number of rotatable bonds is 2. The Morgan fingerprint density at radius 1 is 1.38 bits per heavy atom. The molecule has 0 radical (unpaired) electrons. The minimum Gasteiger partial charge on any atom is -0.349 e. The van der Waals surface area contributed by atoms with E-state index in [1.165, 1.54) is 12.1 Å². The average Bonchev–Trinajstić information content (AvgIpc) is 2.49. The van der Waals surface area contributed by atoms with Crippen LogP contribution in [0.2, 0.25) is 5.02 Å². The van der Waals surface area contributed by atoms with Crippen molar-refractivity contribution in [2.45, 2.75) is 25.3 Å². The van der Waals surface area contributed by atoms with Crippen molar-refractivity contribution in [2.75, 3.05) is 0 Å². The van der Waals surface area contributed by atoms with Gasteiger partial charge in [0.15, 0.2) is 0 Å². The Labute approximate surface area is 127 Å². The van der Waals surface area contributed by atoms with E-state index in [-0.39, 0.29) is 22.5 Å². The number of carbonyl (C=O) groups is 1. The second-order valence-electron chi connectivity index (χ2n) is 5.15. The van der Waals surface area contributed by atoms with Gasteiger partial charge in [0.1, 0.15) is 5.82 Å². The Morgan fingerprint density at radius 3 is 3.10 bits per heavy atom. The van der Waals surface area contributed by atoms with Gasteiger partial charge in [0.2, 0.25) is 0 Å². The summed E-state index contributed by atoms with van der Waals surface area (Å²) in [5, 5.41) is 3.18. The van der Waals surface area contributed by atoms with Gasteiger partial charge < -0.3 is 5.32 Å². The van der Waals surface area contributed by atoms with Crippen LogP contribution in [0.15, 0.2) is 36.5 Å². The molecule has 0 saturated carbocycles. The third kappa shape index (κ3) is 3.05. The number of carbonyl (C=O) groups excluding carboxylic acids is 1. The minimum atomic E-state index is -0.470. The van der Waals surface area contributed by atoms with Crippen molar-refractivity contribution in [3.05, 3.63) is 64.2 Å². The maximum atomic E-state index is 13.2. The first kappa shape index (κ1) is 14.0. The summed E-state index contributed by atoms with van der Waals surface area (Å²) in [4.78, 5) is 16.6. The molecule has 1 amide bonds. The highest BCUT2D eigenvalue weighted by atomic mass is 35.5. The van der Waals surface area contributed by atoms with Crippen molar-refractivity contribution in [1.29, 1.82) is 0 Å². The molecule has 1 aromatic heterocycles. The molecular weight excluding hydrogens is 291 g/mol. The summed E-state index contributed by atoms with van der Waals surface area (Å²) in [6.45, 7) is 0. The first-order valence-electron chi connectivity index (χ1n) is 6.82. The van der Waals surface area contributed by atoms with E-state index in [0.717, 1.165) is 36.6 Å². The first-order chi connectivity index (χ1) is 10.1. The van der Waals surface area contributed by atoms with Gasteiger partial charge in [-0.2, -0.15) is 0 Å². The van der Waals surface area contributed by atoms with Crippen molar-refractivity contribution in [1.82, 2.24) is 10.3 Å². The Bertz CT molecular complexity index is 690. The summed E-state index contributed by atoms with van der Waals surface area (Å²) in [5.41, 5.74) is 2.42. The van der Waals surface area contributed by atoms with Crippen LogP contribution in [-0.2, 0) is 12.8 Å². The topological polar surface area (TPSA) is 42.0 Å². The van der Waals surface area contributed by atoms with E-state index in [4.69, 9.17) is 11.6 Å². The molecule has 0 saturated heterocycles. The summed E-state index contributed by atoms with van der Waals surface area (Å²) in [6.07, 6.45) is 4.17. The highest BCUT2D eigenvalue weighted by Crippen LogP contribution is 2.21. The molecule has 1 aromatic carbocycles. The second kappa shape index (κ2) is 5.82. The van der Waals surface area contributed by atoms with Gasteiger partial charge >= 0.3 is 0 Å². The number of hydrogen-bond acceptors (Lipinski definition) is 2. The molecule has 1 N–H and O–H groups in total. The van der Waals surface area contributed by atoms with Gasteiger partial charge in [-0.3, -0.25) is 9.78 Å². The summed E-state index contributed by atoms with van der Waals surface area (Å²) in [5.74, 6) is -0.806. The Kier molecular flexibility index (Phi) is 3.88. The maximum absolute atomic E-state index is 13.2. The zero-order chi connectivity index (χ0) is 14.8. The molecular formula is C16H14ClFN2O. The molecule has 1 atom stereocenters. The van der Waals surface area contributed by atoms with E-state index >= 15 is 0 Å². The van der Waals surface area contributed by atoms with E-state index in [1.807, 2.05) is 12.1 Å². The van der Waals surface area contributed by atoms with Crippen molar-refractivity contribution >= 4 is 17.5 Å². The van der Waals surface area contributed by atoms with Crippen LogP contribution in [0.4, 0.5) is 4.39 Å². The predicted molar refractivity (Wildman–Crippen MR) is 78.9 cm³/mol. The molecule has 21 heavy (non-hydrogen) atoms. The quantitative estimate of drug-likeness (QED) is 0.926. The van der Waals surface area contributed by atoms with Crippen LogP contribution >= 0.6 is 11.6 Å². The largest absolute Gasteiger partial charge is 0.349 e. The maximum Gasteiger partial charge on any atom is 0.253 e. The molecule has 5 heteroatoms. The summed E-state index contributed by atoms with van der Waals surface area (Å²) < 4.78 is 13.2. The van der Waals surface area contributed by atoms with Crippen molar-refractivity contribution in [2.24, 2.45) is 0 Å². The smallest absolute Gasteiger partial charge is 0.253 e. The number of aryl methyl sites for hydroxylation is 1. The van der Waals surface area contributed by atoms with Gasteiger partial charge in [-0.15, -0.1) is 0 Å². The second-order valence-corrected chi connectivity index (χ2v) is 5.55. The fourth-order valence-corrected chi connectivity index (χ4v) is 2.82. The van der Waals surface area contributed by atoms with E-state index in [9.17, 15) is 9.18 Å². The highest BCUT2D eigenvalue weighted by molar-refractivity contribution is 6.33. The van der Waals surface area contributed by atoms with Crippen LogP contribution in [0.5, 0.6) is 0 Å². The molecule has 0 bridgehead atoms. The number of benzene rings is 1. The molecule has 1 aliphatic rings. The summed E-state index contributed by atoms with van der Waals surface area (Å²) >= 11 is 5.95. The lowest BCUT2D eigenvalue weighted by atomic mass is 9.91. The minimum absolute atomic E-state index is 0.0218. The molecule has 1 heterocycles. The Morgan fingerprint density at radius 2 is 2.24 bits per heavy atom. The van der Waals surface area contributed by atoms with Crippen molar-refractivity contribution in [3.8, 4) is 0 Å². The number of hydrogen-bond donors (Lipinski definition) is 1. The monoisotopic (exact) mass is 304 g/mol. The number of amides is 1. The van der Waals surface area contributed by atoms with Gasteiger partial charge in [0, 0.05) is 17.9 Å². The number of pyridine rings is 1. The third-order valence-electron chi connectivity index (χ3n) is 3.69. The van der Waals surface area contributed by atoms with Crippen LogP contribution < -0.4 is 5.32 Å². The number of nitrogens with one attached hydrogen (secondary N) is 1. The van der Waals surface area contributed by atoms with E-state index in [0.29, 0.717) is 0 Å². The number of fused-ring (bicyclic) bond motifs is 1. The third-order valence-corrected chi connectivity index (χ3v) is 4.02. The molecule has 2 aromatic rings. The Hall–Kier alpha value is -1.94. The number of halogens is 2. The molecule has 0 fully saturated rings. The molecule has 0 spiro atoms. The summed E-state index contributed by atoms with van der Waals surface area (Å²) in [7, 11) is 0. The molecule has 1 aliphatic carbocycles. The van der Waals surface area contributed by atoms with Crippen LogP contribution in [0.25, 0.3) is 0 Å². The summed E-state index contributed by atoms with van der Waals surface area (Å²) in [6, 6.07) is 7.74. The van der Waals surface area contributed by atoms with E-state index in [1.54, 1.807) is 6.20 Å². The van der Waals surface area contributed by atoms with Crippen LogP contribution in [0.3, 0.4) is 0 Å². The van der Waals surface area contributed by atoms with Gasteiger partial charge in [-0.1, -0.05) is 17.7 Å². The highest BCUT2D eigenvalue weighted by Gasteiger charge is 2.22. The lowest BCUT2D eigenvalue weighted by Gasteiger charge is -2.24. The molecule has 3 rings (SSSR count). The predicted octanol–water partition coefficient (Wildman–Crippen LogP) is 3.16. The van der Waals surface area contributed by atoms with Gasteiger partial charge in [0.25, 0.3) is 5.91 Å². The number of aromatic nitrogens is 1. The Balaban J connectivity index is 1.73. The zero-order valence-corrected chi connectivity index (χ0v) is 12.0. The molecule has 0 aliphatic heterocycles. The molecule has 108 valence electrons. The van der Waals surface area contributed by atoms with Crippen LogP contribution in [0, 0.1) is 5.82 Å². The van der Waals surface area contributed by atoms with Gasteiger partial charge in [-0.25, -0.2) is 4.39 Å². The van der Waals surface area contributed by atoms with E-state index < -0.39 is 5.82 Å². The lowest BCUT2D eigenvalue weighted by molar-refractivity contribution is 0.0933. The fraction of sp³-hybridized carbons (Fsp3) is 0.250. The molecule has 3 nitrogen and oxygen atoms in total. The standard InChI is InChI=1S/C16H14ClFN2O/c17-14-5-3-11(18)9-13(14)16(21)20-12-4-6-15-10(8-12)2-1-7-19-15/h1-3,5,7,9,12H,4,6,8H2,(H,20,21). The average molecular weight is 305 g/mol. The zero-order valence-electron chi connectivity index (χ0n) is 11.3. The SMILES string of the molecule is O=C(NC1CCc2ncccc2C1)c1cc(F)ccc1Cl. The van der Waals surface area contributed by atoms with Gasteiger partial charge in [0.05, 0.1) is 10.6 Å². The van der Waals surface area contributed by atoms with Crippen LogP contribution in [0.1, 0.15) is 28.0 Å². The lowest BCUT2D eigenvalue weighted by Crippen LogP contribution is -2.39. The van der Waals surface area contributed by atoms with E-state index in [2.05, 4.69) is 10.3 Å².